The fraction of sp³-hybridized carbons (Fsp3) is 0.500. The van der Waals surface area contributed by atoms with Crippen molar-refractivity contribution in [2.24, 2.45) is 5.92 Å². The van der Waals surface area contributed by atoms with Gasteiger partial charge in [0.1, 0.15) is 5.60 Å². The summed E-state index contributed by atoms with van der Waals surface area (Å²) in [6, 6.07) is 7.10. The van der Waals surface area contributed by atoms with E-state index in [0.717, 1.165) is 32.1 Å². The zero-order chi connectivity index (χ0) is 14.9. The van der Waals surface area contributed by atoms with Gasteiger partial charge < -0.3 is 10.1 Å². The van der Waals surface area contributed by atoms with Gasteiger partial charge in [0.2, 0.25) is 5.91 Å². The molecule has 0 bridgehead atoms. The van der Waals surface area contributed by atoms with Crippen LogP contribution >= 0.6 is 11.6 Å². The van der Waals surface area contributed by atoms with E-state index in [1.807, 2.05) is 12.1 Å². The molecule has 2 aliphatic rings. The van der Waals surface area contributed by atoms with Crippen molar-refractivity contribution < 1.29 is 14.3 Å². The third-order valence-corrected chi connectivity index (χ3v) is 4.80. The van der Waals surface area contributed by atoms with Crippen molar-refractivity contribution in [2.75, 3.05) is 5.32 Å². The van der Waals surface area contributed by atoms with Crippen LogP contribution in [0.1, 0.15) is 38.5 Å². The van der Waals surface area contributed by atoms with E-state index in [1.165, 1.54) is 0 Å². The molecule has 5 heteroatoms. The monoisotopic (exact) mass is 307 g/mol. The Hall–Kier alpha value is -1.55. The predicted molar refractivity (Wildman–Crippen MR) is 80.1 cm³/mol. The fourth-order valence-corrected chi connectivity index (χ4v) is 3.59. The number of benzene rings is 1. The Kier molecular flexibility index (Phi) is 3.89. The molecule has 1 saturated heterocycles. The summed E-state index contributed by atoms with van der Waals surface area (Å²) in [4.78, 5) is 24.3. The van der Waals surface area contributed by atoms with E-state index in [1.54, 1.807) is 12.1 Å². The van der Waals surface area contributed by atoms with Crippen LogP contribution in [0.15, 0.2) is 24.3 Å². The molecule has 1 amide bonds. The number of hydrogen-bond donors (Lipinski definition) is 1. The Morgan fingerprint density at radius 2 is 1.95 bits per heavy atom. The lowest BCUT2D eigenvalue weighted by molar-refractivity contribution is -0.153. The molecule has 2 fully saturated rings. The molecule has 0 aromatic heterocycles. The van der Waals surface area contributed by atoms with E-state index in [4.69, 9.17) is 16.3 Å². The number of halogens is 1. The third kappa shape index (κ3) is 2.77. The molecule has 1 heterocycles. The second-order valence-corrected chi connectivity index (χ2v) is 6.23. The number of carbonyl (C=O) groups is 2. The van der Waals surface area contributed by atoms with Crippen LogP contribution in [0.2, 0.25) is 5.02 Å². The number of anilines is 1. The molecule has 4 nitrogen and oxygen atoms in total. The SMILES string of the molecule is O=C1C[C@H](C(=O)Nc2ccccc2Cl)C2(CCCCC2)O1. The first kappa shape index (κ1) is 14.4. The van der Waals surface area contributed by atoms with Gasteiger partial charge >= 0.3 is 5.97 Å². The summed E-state index contributed by atoms with van der Waals surface area (Å²) in [6.45, 7) is 0. The highest BCUT2D eigenvalue weighted by Crippen LogP contribution is 2.44. The molecule has 1 aromatic carbocycles. The molecule has 1 aliphatic heterocycles. The van der Waals surface area contributed by atoms with Crippen molar-refractivity contribution in [3.63, 3.8) is 0 Å². The van der Waals surface area contributed by atoms with Crippen molar-refractivity contribution in [3.05, 3.63) is 29.3 Å². The number of carbonyl (C=O) groups excluding carboxylic acids is 2. The largest absolute Gasteiger partial charge is 0.458 e. The van der Waals surface area contributed by atoms with Crippen LogP contribution < -0.4 is 5.32 Å². The summed E-state index contributed by atoms with van der Waals surface area (Å²) in [5.74, 6) is -0.853. The van der Waals surface area contributed by atoms with E-state index >= 15 is 0 Å². The molecule has 21 heavy (non-hydrogen) atoms. The Bertz CT molecular complexity index is 566. The van der Waals surface area contributed by atoms with Crippen LogP contribution in [-0.2, 0) is 14.3 Å². The highest BCUT2D eigenvalue weighted by Gasteiger charge is 2.52. The molecule has 1 aliphatic carbocycles. The van der Waals surface area contributed by atoms with Crippen LogP contribution in [0.4, 0.5) is 5.69 Å². The number of rotatable bonds is 2. The van der Waals surface area contributed by atoms with Gasteiger partial charge in [0, 0.05) is 0 Å². The second kappa shape index (κ2) is 5.68. The average molecular weight is 308 g/mol. The Morgan fingerprint density at radius 1 is 1.24 bits per heavy atom. The maximum absolute atomic E-state index is 12.6. The molecule has 1 spiro atoms. The molecule has 1 atom stereocenters. The first-order valence-electron chi connectivity index (χ1n) is 7.38. The number of amides is 1. The summed E-state index contributed by atoms with van der Waals surface area (Å²) in [5.41, 5.74) is -0.0183. The van der Waals surface area contributed by atoms with E-state index in [0.29, 0.717) is 10.7 Å². The van der Waals surface area contributed by atoms with Crippen LogP contribution in [0.5, 0.6) is 0 Å². The summed E-state index contributed by atoms with van der Waals surface area (Å²) in [6.07, 6.45) is 4.86. The molecule has 3 rings (SSSR count). The summed E-state index contributed by atoms with van der Waals surface area (Å²) in [7, 11) is 0. The van der Waals surface area contributed by atoms with Crippen LogP contribution in [0.25, 0.3) is 0 Å². The van der Waals surface area contributed by atoms with Crippen molar-refractivity contribution in [1.29, 1.82) is 0 Å². The van der Waals surface area contributed by atoms with E-state index < -0.39 is 11.5 Å². The predicted octanol–water partition coefficient (Wildman–Crippen LogP) is 3.54. The minimum absolute atomic E-state index is 0.163. The lowest BCUT2D eigenvalue weighted by Crippen LogP contribution is -2.43. The minimum atomic E-state index is -0.597. The van der Waals surface area contributed by atoms with E-state index in [-0.39, 0.29) is 18.3 Å². The Balaban J connectivity index is 1.79. The van der Waals surface area contributed by atoms with Crippen molar-refractivity contribution >= 4 is 29.2 Å². The number of ether oxygens (including phenoxy) is 1. The fourth-order valence-electron chi connectivity index (χ4n) is 3.41. The number of esters is 1. The quantitative estimate of drug-likeness (QED) is 0.850. The second-order valence-electron chi connectivity index (χ2n) is 5.83. The maximum Gasteiger partial charge on any atom is 0.307 e. The number of hydrogen-bond acceptors (Lipinski definition) is 3. The topological polar surface area (TPSA) is 55.4 Å². The molecular weight excluding hydrogens is 290 g/mol. The van der Waals surface area contributed by atoms with Gasteiger partial charge in [-0.15, -0.1) is 0 Å². The van der Waals surface area contributed by atoms with E-state index in [2.05, 4.69) is 5.32 Å². The van der Waals surface area contributed by atoms with Gasteiger partial charge in [-0.2, -0.15) is 0 Å². The van der Waals surface area contributed by atoms with E-state index in [9.17, 15) is 9.59 Å². The van der Waals surface area contributed by atoms with Gasteiger partial charge in [-0.3, -0.25) is 9.59 Å². The minimum Gasteiger partial charge on any atom is -0.458 e. The van der Waals surface area contributed by atoms with Crippen LogP contribution in [0, 0.1) is 5.92 Å². The summed E-state index contributed by atoms with van der Waals surface area (Å²) >= 11 is 6.07. The van der Waals surface area contributed by atoms with Crippen molar-refractivity contribution in [1.82, 2.24) is 0 Å². The lowest BCUT2D eigenvalue weighted by Gasteiger charge is -2.36. The van der Waals surface area contributed by atoms with Gasteiger partial charge in [0.15, 0.2) is 0 Å². The molecular formula is C16H18ClNO3. The molecule has 0 unspecified atom stereocenters. The molecule has 1 aromatic rings. The number of para-hydroxylation sites is 1. The highest BCUT2D eigenvalue weighted by molar-refractivity contribution is 6.33. The van der Waals surface area contributed by atoms with Gasteiger partial charge in [0.05, 0.1) is 23.0 Å². The zero-order valence-electron chi connectivity index (χ0n) is 11.7. The summed E-state index contributed by atoms with van der Waals surface area (Å²) in [5, 5.41) is 3.34. The first-order chi connectivity index (χ1) is 10.1. The zero-order valence-corrected chi connectivity index (χ0v) is 12.5. The smallest absolute Gasteiger partial charge is 0.307 e. The summed E-state index contributed by atoms with van der Waals surface area (Å²) < 4.78 is 5.56. The average Bonchev–Trinajstić information content (AvgIpc) is 2.78. The molecule has 1 saturated carbocycles. The standard InChI is InChI=1S/C16H18ClNO3/c17-12-6-2-3-7-13(12)18-15(20)11-10-14(19)21-16(11)8-4-1-5-9-16/h2-3,6-7,11H,1,4-5,8-10H2,(H,18,20)/t11-/m1/s1. The van der Waals surface area contributed by atoms with Gasteiger partial charge in [-0.25, -0.2) is 0 Å². The van der Waals surface area contributed by atoms with Crippen molar-refractivity contribution in [3.8, 4) is 0 Å². The first-order valence-corrected chi connectivity index (χ1v) is 7.76. The normalized spacial score (nSPS) is 23.9. The van der Waals surface area contributed by atoms with Crippen LogP contribution in [-0.4, -0.2) is 17.5 Å². The van der Waals surface area contributed by atoms with Gasteiger partial charge in [-0.1, -0.05) is 30.2 Å². The van der Waals surface area contributed by atoms with Crippen LogP contribution in [0.3, 0.4) is 0 Å². The Morgan fingerprint density at radius 3 is 2.67 bits per heavy atom. The lowest BCUT2D eigenvalue weighted by atomic mass is 9.75. The molecule has 0 radical (unpaired) electrons. The van der Waals surface area contributed by atoms with Crippen molar-refractivity contribution in [2.45, 2.75) is 44.1 Å². The molecule has 112 valence electrons. The molecule has 1 N–H and O–H groups in total. The Labute approximate surface area is 128 Å². The third-order valence-electron chi connectivity index (χ3n) is 4.47. The van der Waals surface area contributed by atoms with Gasteiger partial charge in [-0.05, 0) is 37.8 Å². The van der Waals surface area contributed by atoms with Gasteiger partial charge in [0.25, 0.3) is 0 Å². The highest BCUT2D eigenvalue weighted by atomic mass is 35.5. The maximum atomic E-state index is 12.6. The number of nitrogens with one attached hydrogen (secondary N) is 1.